The predicted octanol–water partition coefficient (Wildman–Crippen LogP) is 0.320. The van der Waals surface area contributed by atoms with Gasteiger partial charge in [-0.25, -0.2) is 18.2 Å². The van der Waals surface area contributed by atoms with E-state index in [9.17, 15) is 13.2 Å². The number of sulfonamides is 1. The van der Waals surface area contributed by atoms with E-state index in [0.717, 1.165) is 0 Å². The van der Waals surface area contributed by atoms with Crippen molar-refractivity contribution in [2.75, 3.05) is 16.6 Å². The van der Waals surface area contributed by atoms with Gasteiger partial charge in [-0.2, -0.15) is 0 Å². The Morgan fingerprint density at radius 3 is 2.62 bits per heavy atom. The van der Waals surface area contributed by atoms with Gasteiger partial charge in [-0.15, -0.1) is 0 Å². The molecule has 16 heavy (non-hydrogen) atoms. The quantitative estimate of drug-likeness (QED) is 0.806. The molecule has 1 fully saturated rings. The van der Waals surface area contributed by atoms with E-state index in [0.29, 0.717) is 18.7 Å². The van der Waals surface area contributed by atoms with E-state index >= 15 is 0 Å². The maximum atomic E-state index is 11.6. The third kappa shape index (κ3) is 1.85. The van der Waals surface area contributed by atoms with Crippen LogP contribution in [-0.2, 0) is 10.0 Å². The number of pyridine rings is 1. The van der Waals surface area contributed by atoms with Gasteiger partial charge in [0.15, 0.2) is 0 Å². The summed E-state index contributed by atoms with van der Waals surface area (Å²) in [6.07, 6.45) is 1.86. The summed E-state index contributed by atoms with van der Waals surface area (Å²) in [4.78, 5) is 14.2. The van der Waals surface area contributed by atoms with E-state index in [1.165, 1.54) is 22.6 Å². The molecule has 2 rings (SSSR count). The second-order valence-corrected chi connectivity index (χ2v) is 5.46. The van der Waals surface area contributed by atoms with Crippen LogP contribution in [0.5, 0.6) is 0 Å². The number of hydrogen-bond acceptors (Lipinski definition) is 4. The van der Waals surface area contributed by atoms with E-state index in [-0.39, 0.29) is 11.4 Å². The molecule has 1 saturated heterocycles. The van der Waals surface area contributed by atoms with Gasteiger partial charge in [0.05, 0.1) is 17.6 Å². The number of aromatic carboxylic acids is 1. The molecule has 86 valence electrons. The summed E-state index contributed by atoms with van der Waals surface area (Å²) < 4.78 is 24.4. The minimum absolute atomic E-state index is 0.0969. The molecule has 1 aromatic heterocycles. The summed E-state index contributed by atoms with van der Waals surface area (Å²) in [5.41, 5.74) is 0.322. The molecular weight excluding hydrogens is 232 g/mol. The number of rotatable bonds is 2. The van der Waals surface area contributed by atoms with Crippen LogP contribution in [0, 0.1) is 0 Å². The van der Waals surface area contributed by atoms with Crippen LogP contribution in [0.4, 0.5) is 5.69 Å². The van der Waals surface area contributed by atoms with Crippen molar-refractivity contribution in [1.82, 2.24) is 4.98 Å². The fraction of sp³-hybridized carbons (Fsp3) is 0.333. The lowest BCUT2D eigenvalue weighted by molar-refractivity contribution is 0.0690. The van der Waals surface area contributed by atoms with Crippen LogP contribution in [0.25, 0.3) is 0 Å². The third-order valence-electron chi connectivity index (χ3n) is 2.35. The van der Waals surface area contributed by atoms with E-state index in [1.807, 2.05) is 0 Å². The van der Waals surface area contributed by atoms with Gasteiger partial charge >= 0.3 is 5.97 Å². The summed E-state index contributed by atoms with van der Waals surface area (Å²) in [5.74, 6) is -0.996. The molecule has 0 spiro atoms. The summed E-state index contributed by atoms with van der Waals surface area (Å²) in [6, 6.07) is 2.75. The van der Waals surface area contributed by atoms with Crippen molar-refractivity contribution in [2.24, 2.45) is 0 Å². The van der Waals surface area contributed by atoms with E-state index < -0.39 is 16.0 Å². The molecule has 0 saturated carbocycles. The highest BCUT2D eigenvalue weighted by atomic mass is 32.2. The van der Waals surface area contributed by atoms with Crippen molar-refractivity contribution in [2.45, 2.75) is 6.42 Å². The Balaban J connectivity index is 2.32. The van der Waals surface area contributed by atoms with Gasteiger partial charge in [0.2, 0.25) is 10.0 Å². The molecule has 2 heterocycles. The molecular formula is C9H10N2O4S. The van der Waals surface area contributed by atoms with Gasteiger partial charge < -0.3 is 5.11 Å². The van der Waals surface area contributed by atoms with Crippen LogP contribution in [-0.4, -0.2) is 36.8 Å². The molecule has 0 bridgehead atoms. The van der Waals surface area contributed by atoms with Gasteiger partial charge in [0.25, 0.3) is 0 Å². The summed E-state index contributed by atoms with van der Waals surface area (Å²) >= 11 is 0. The van der Waals surface area contributed by atoms with Gasteiger partial charge in [0, 0.05) is 6.54 Å². The Hall–Kier alpha value is -1.63. The molecule has 0 amide bonds. The molecule has 1 aliphatic rings. The molecule has 1 aliphatic heterocycles. The minimum Gasteiger partial charge on any atom is -0.477 e. The van der Waals surface area contributed by atoms with Crippen LogP contribution in [0.2, 0.25) is 0 Å². The molecule has 1 aromatic rings. The average Bonchev–Trinajstić information content (AvgIpc) is 2.58. The molecule has 1 N–H and O–H groups in total. The minimum atomic E-state index is -3.23. The maximum Gasteiger partial charge on any atom is 0.354 e. The fourth-order valence-corrected chi connectivity index (χ4v) is 3.14. The number of anilines is 1. The van der Waals surface area contributed by atoms with Crippen molar-refractivity contribution in [3.8, 4) is 0 Å². The standard InChI is InChI=1S/C9H10N2O4S/c12-9(13)8-3-2-7(6-10-8)11-4-1-5-16(11,14)15/h2-3,6H,1,4-5H2,(H,12,13). The smallest absolute Gasteiger partial charge is 0.354 e. The number of nitrogens with zero attached hydrogens (tertiary/aromatic N) is 2. The second-order valence-electron chi connectivity index (χ2n) is 3.45. The average molecular weight is 242 g/mol. The number of carboxylic acid groups (broad SMARTS) is 1. The zero-order chi connectivity index (χ0) is 11.8. The lowest BCUT2D eigenvalue weighted by Gasteiger charge is -2.15. The van der Waals surface area contributed by atoms with Gasteiger partial charge in [-0.3, -0.25) is 4.31 Å². The lowest BCUT2D eigenvalue weighted by Crippen LogP contribution is -2.25. The highest BCUT2D eigenvalue weighted by Crippen LogP contribution is 2.22. The van der Waals surface area contributed by atoms with Crippen molar-refractivity contribution in [1.29, 1.82) is 0 Å². The Morgan fingerprint density at radius 2 is 2.19 bits per heavy atom. The topological polar surface area (TPSA) is 87.6 Å². The van der Waals surface area contributed by atoms with E-state index in [1.54, 1.807) is 0 Å². The zero-order valence-electron chi connectivity index (χ0n) is 8.33. The maximum absolute atomic E-state index is 11.6. The van der Waals surface area contributed by atoms with Crippen LogP contribution in [0.1, 0.15) is 16.9 Å². The highest BCUT2D eigenvalue weighted by molar-refractivity contribution is 7.93. The summed E-state index contributed by atoms with van der Waals surface area (Å²) in [6.45, 7) is 0.427. The van der Waals surface area contributed by atoms with Crippen LogP contribution in [0.15, 0.2) is 18.3 Å². The van der Waals surface area contributed by atoms with Crippen LogP contribution < -0.4 is 4.31 Å². The first kappa shape index (κ1) is 10.9. The largest absolute Gasteiger partial charge is 0.477 e. The van der Waals surface area contributed by atoms with Gasteiger partial charge in [0.1, 0.15) is 5.69 Å². The molecule has 0 unspecified atom stereocenters. The summed E-state index contributed by atoms with van der Waals surface area (Å²) in [5, 5.41) is 8.65. The molecule has 0 aromatic carbocycles. The monoisotopic (exact) mass is 242 g/mol. The Bertz CT molecular complexity index is 509. The first-order valence-corrected chi connectivity index (χ1v) is 6.31. The van der Waals surface area contributed by atoms with E-state index in [4.69, 9.17) is 5.11 Å². The molecule has 7 heteroatoms. The van der Waals surface area contributed by atoms with Gasteiger partial charge in [-0.05, 0) is 18.6 Å². The zero-order valence-corrected chi connectivity index (χ0v) is 9.14. The lowest BCUT2D eigenvalue weighted by atomic mass is 10.3. The Kier molecular flexibility index (Phi) is 2.55. The van der Waals surface area contributed by atoms with Crippen LogP contribution >= 0.6 is 0 Å². The van der Waals surface area contributed by atoms with E-state index in [2.05, 4.69) is 4.98 Å². The first-order chi connectivity index (χ1) is 7.50. The number of carboxylic acids is 1. The van der Waals surface area contributed by atoms with Gasteiger partial charge in [-0.1, -0.05) is 0 Å². The predicted molar refractivity (Wildman–Crippen MR) is 56.9 cm³/mol. The number of hydrogen-bond donors (Lipinski definition) is 1. The normalized spacial score (nSPS) is 18.6. The van der Waals surface area contributed by atoms with Crippen molar-refractivity contribution >= 4 is 21.7 Å². The molecule has 0 atom stereocenters. The molecule has 0 aliphatic carbocycles. The SMILES string of the molecule is O=C(O)c1ccc(N2CCCS2(=O)=O)cn1. The fourth-order valence-electron chi connectivity index (χ4n) is 1.59. The Morgan fingerprint density at radius 1 is 1.44 bits per heavy atom. The Labute approximate surface area is 92.6 Å². The van der Waals surface area contributed by atoms with Crippen LogP contribution in [0.3, 0.4) is 0 Å². The number of carbonyl (C=O) groups is 1. The highest BCUT2D eigenvalue weighted by Gasteiger charge is 2.28. The number of aromatic nitrogens is 1. The molecule has 6 nitrogen and oxygen atoms in total. The third-order valence-corrected chi connectivity index (χ3v) is 4.22. The van der Waals surface area contributed by atoms with Crippen molar-refractivity contribution in [3.63, 3.8) is 0 Å². The first-order valence-electron chi connectivity index (χ1n) is 4.70. The van der Waals surface area contributed by atoms with Crippen molar-refractivity contribution < 1.29 is 18.3 Å². The second kappa shape index (κ2) is 3.75. The van der Waals surface area contributed by atoms with Crippen molar-refractivity contribution in [3.05, 3.63) is 24.0 Å². The summed E-state index contributed by atoms with van der Waals surface area (Å²) in [7, 11) is -3.23. The molecule has 0 radical (unpaired) electrons.